The Hall–Kier alpha value is -1.32. The van der Waals surface area contributed by atoms with Gasteiger partial charge >= 0.3 is 0 Å². The van der Waals surface area contributed by atoms with Crippen molar-refractivity contribution in [3.63, 3.8) is 0 Å². The van der Waals surface area contributed by atoms with Crippen LogP contribution in [0.2, 0.25) is 0 Å². The van der Waals surface area contributed by atoms with Crippen LogP contribution in [0, 0.1) is 0 Å². The Morgan fingerprint density at radius 3 is 2.22 bits per heavy atom. The van der Waals surface area contributed by atoms with Gasteiger partial charge in [-0.3, -0.25) is 9.79 Å². The Kier molecular flexibility index (Phi) is 7.80. The van der Waals surface area contributed by atoms with Crippen molar-refractivity contribution in [2.24, 2.45) is 4.99 Å². The Labute approximate surface area is 135 Å². The van der Waals surface area contributed by atoms with Crippen molar-refractivity contribution in [1.82, 2.24) is 0 Å². The molecule has 1 aliphatic rings. The molecular formula is C15H25NO7. The van der Waals surface area contributed by atoms with Crippen LogP contribution in [-0.2, 0) is 23.7 Å². The lowest BCUT2D eigenvalue weighted by molar-refractivity contribution is -0.296. The number of carbonyl (C=O) groups is 1. The highest BCUT2D eigenvalue weighted by Gasteiger charge is 2.46. The Morgan fingerprint density at radius 1 is 1.17 bits per heavy atom. The van der Waals surface area contributed by atoms with Crippen molar-refractivity contribution in [1.29, 1.82) is 0 Å². The van der Waals surface area contributed by atoms with Crippen LogP contribution in [0.3, 0.4) is 0 Å². The monoisotopic (exact) mass is 331 g/mol. The lowest BCUT2D eigenvalue weighted by Crippen LogP contribution is -2.60. The van der Waals surface area contributed by atoms with Crippen LogP contribution >= 0.6 is 0 Å². The van der Waals surface area contributed by atoms with Gasteiger partial charge in [0.1, 0.15) is 30.2 Å². The minimum absolute atomic E-state index is 0.0708. The maximum Gasteiger partial charge on any atom is 0.186 e. The molecule has 0 amide bonds. The molecule has 0 radical (unpaired) electrons. The number of Topliss-reactive ketones (excluding diaryl/α,β-unsaturated/α-hetero) is 1. The second-order valence-corrected chi connectivity index (χ2v) is 5.22. The molecule has 0 saturated carbocycles. The number of aliphatic hydroxyl groups is 2. The van der Waals surface area contributed by atoms with Crippen LogP contribution in [0.5, 0.6) is 0 Å². The summed E-state index contributed by atoms with van der Waals surface area (Å²) in [4.78, 5) is 15.4. The fraction of sp³-hybridized carbons (Fsp3) is 0.733. The predicted molar refractivity (Wildman–Crippen MR) is 82.6 cm³/mol. The van der Waals surface area contributed by atoms with Gasteiger partial charge in [-0.25, -0.2) is 0 Å². The third kappa shape index (κ3) is 4.82. The van der Waals surface area contributed by atoms with Crippen LogP contribution in [0.1, 0.15) is 13.8 Å². The summed E-state index contributed by atoms with van der Waals surface area (Å²) >= 11 is 0. The van der Waals surface area contributed by atoms with Crippen molar-refractivity contribution in [3.05, 3.63) is 11.3 Å². The van der Waals surface area contributed by atoms with Gasteiger partial charge in [-0.05, 0) is 13.8 Å². The topological polar surface area (TPSA) is 107 Å². The normalized spacial score (nSPS) is 32.9. The molecular weight excluding hydrogens is 306 g/mol. The third-order valence-electron chi connectivity index (χ3n) is 3.67. The first-order valence-electron chi connectivity index (χ1n) is 7.19. The van der Waals surface area contributed by atoms with Crippen LogP contribution < -0.4 is 0 Å². The van der Waals surface area contributed by atoms with Crippen molar-refractivity contribution in [3.8, 4) is 0 Å². The summed E-state index contributed by atoms with van der Waals surface area (Å²) in [5.74, 6) is -0.418. The molecule has 1 heterocycles. The van der Waals surface area contributed by atoms with Gasteiger partial charge < -0.3 is 29.2 Å². The van der Waals surface area contributed by atoms with Gasteiger partial charge in [0.15, 0.2) is 12.1 Å². The zero-order valence-electron chi connectivity index (χ0n) is 14.1. The van der Waals surface area contributed by atoms with E-state index in [1.54, 1.807) is 0 Å². The molecule has 1 rings (SSSR count). The predicted octanol–water partition coefficient (Wildman–Crippen LogP) is 0.240. The standard InChI is InChI=1S/C15H25NO7/c1-8(17)10(9(2)18)6-16-7-11-12(19)13(20-3)14(21-4)15(22-5)23-11/h6,11-15,17,19H,7H2,1-5H3/b10-8+,16-6?/t11-,12-,13+,14-,15+/m1/s1. The maximum atomic E-state index is 11.4. The van der Waals surface area contributed by atoms with Crippen molar-refractivity contribution >= 4 is 12.0 Å². The first-order valence-corrected chi connectivity index (χ1v) is 7.19. The summed E-state index contributed by atoms with van der Waals surface area (Å²) in [5.41, 5.74) is 0.108. The number of hydrogen-bond donors (Lipinski definition) is 2. The minimum Gasteiger partial charge on any atom is -0.512 e. The molecule has 1 fully saturated rings. The second kappa shape index (κ2) is 9.09. The molecule has 0 aromatic heterocycles. The zero-order valence-corrected chi connectivity index (χ0v) is 14.1. The van der Waals surface area contributed by atoms with Crippen LogP contribution in [-0.4, -0.2) is 80.8 Å². The molecule has 2 N–H and O–H groups in total. The van der Waals surface area contributed by atoms with E-state index in [2.05, 4.69) is 4.99 Å². The molecule has 5 atom stereocenters. The van der Waals surface area contributed by atoms with E-state index in [1.807, 2.05) is 0 Å². The van der Waals surface area contributed by atoms with Crippen LogP contribution in [0.25, 0.3) is 0 Å². The summed E-state index contributed by atoms with van der Waals surface area (Å²) in [7, 11) is 4.41. The van der Waals surface area contributed by atoms with E-state index >= 15 is 0 Å². The Balaban J connectivity index is 2.84. The largest absolute Gasteiger partial charge is 0.512 e. The number of ether oxygens (including phenoxy) is 4. The van der Waals surface area contributed by atoms with E-state index in [4.69, 9.17) is 18.9 Å². The number of ketones is 1. The maximum absolute atomic E-state index is 11.4. The molecule has 23 heavy (non-hydrogen) atoms. The Morgan fingerprint density at radius 2 is 1.78 bits per heavy atom. The van der Waals surface area contributed by atoms with Gasteiger partial charge in [0.05, 0.1) is 12.1 Å². The van der Waals surface area contributed by atoms with Gasteiger partial charge in [0.25, 0.3) is 0 Å². The van der Waals surface area contributed by atoms with Crippen LogP contribution in [0.15, 0.2) is 16.3 Å². The summed E-state index contributed by atoms with van der Waals surface area (Å²) in [6.45, 7) is 2.80. The minimum atomic E-state index is -0.978. The first-order chi connectivity index (χ1) is 10.9. The van der Waals surface area contributed by atoms with Crippen molar-refractivity contribution < 1.29 is 34.0 Å². The number of aliphatic hydroxyl groups excluding tert-OH is 2. The number of hydrogen-bond acceptors (Lipinski definition) is 8. The smallest absolute Gasteiger partial charge is 0.186 e. The average Bonchev–Trinajstić information content (AvgIpc) is 2.51. The quantitative estimate of drug-likeness (QED) is 0.391. The fourth-order valence-electron chi connectivity index (χ4n) is 2.44. The number of methoxy groups -OCH3 is 3. The number of allylic oxidation sites excluding steroid dienone is 2. The molecule has 132 valence electrons. The first kappa shape index (κ1) is 19.7. The molecule has 1 saturated heterocycles. The number of aliphatic imine (C=N–C) groups is 1. The molecule has 0 spiro atoms. The van der Waals surface area contributed by atoms with E-state index in [1.165, 1.54) is 41.4 Å². The van der Waals surface area contributed by atoms with Crippen molar-refractivity contribution in [2.45, 2.75) is 44.6 Å². The summed E-state index contributed by atoms with van der Waals surface area (Å²) in [6.07, 6.45) is -2.34. The highest BCUT2D eigenvalue weighted by Crippen LogP contribution is 2.25. The third-order valence-corrected chi connectivity index (χ3v) is 3.67. The number of nitrogens with zero attached hydrogens (tertiary/aromatic N) is 1. The van der Waals surface area contributed by atoms with Crippen LogP contribution in [0.4, 0.5) is 0 Å². The highest BCUT2D eigenvalue weighted by atomic mass is 16.7. The van der Waals surface area contributed by atoms with Gasteiger partial charge in [-0.15, -0.1) is 0 Å². The molecule has 0 aromatic rings. The molecule has 0 aliphatic carbocycles. The van der Waals surface area contributed by atoms with Crippen molar-refractivity contribution in [2.75, 3.05) is 27.9 Å². The zero-order chi connectivity index (χ0) is 17.6. The molecule has 0 unspecified atom stereocenters. The number of carbonyl (C=O) groups excluding carboxylic acids is 1. The summed E-state index contributed by atoms with van der Waals surface area (Å²) < 4.78 is 21.4. The van der Waals surface area contributed by atoms with Gasteiger partial charge in [-0.2, -0.15) is 0 Å². The Bertz CT molecular complexity index is 459. The molecule has 8 nitrogen and oxygen atoms in total. The fourth-order valence-corrected chi connectivity index (χ4v) is 2.44. The van der Waals surface area contributed by atoms with E-state index < -0.39 is 30.7 Å². The van der Waals surface area contributed by atoms with Gasteiger partial charge in [-0.1, -0.05) is 0 Å². The van der Waals surface area contributed by atoms with E-state index in [0.29, 0.717) is 0 Å². The van der Waals surface area contributed by atoms with E-state index in [9.17, 15) is 15.0 Å². The molecule has 0 bridgehead atoms. The second-order valence-electron chi connectivity index (χ2n) is 5.22. The van der Waals surface area contributed by atoms with E-state index in [-0.39, 0.29) is 23.7 Å². The summed E-state index contributed by atoms with van der Waals surface area (Å²) in [6, 6.07) is 0. The molecule has 8 heteroatoms. The average molecular weight is 331 g/mol. The molecule has 1 aliphatic heterocycles. The lowest BCUT2D eigenvalue weighted by Gasteiger charge is -2.42. The SMILES string of the molecule is CO[C@H]1O[C@H](CN=C/C(C(C)=O)=C(/C)O)[C@@H](O)[C@H](OC)[C@H]1OC. The lowest BCUT2D eigenvalue weighted by atomic mass is 9.98. The summed E-state index contributed by atoms with van der Waals surface area (Å²) in [5, 5.41) is 19.8. The highest BCUT2D eigenvalue weighted by molar-refractivity contribution is 6.12. The van der Waals surface area contributed by atoms with Gasteiger partial charge in [0.2, 0.25) is 0 Å². The molecule has 0 aromatic carbocycles. The van der Waals surface area contributed by atoms with Gasteiger partial charge in [0, 0.05) is 27.5 Å². The number of rotatable bonds is 7. The van der Waals surface area contributed by atoms with E-state index in [0.717, 1.165) is 0 Å².